The number of amides is 1. The average molecular weight is 330 g/mol. The molecule has 2 aliphatic heterocycles. The minimum Gasteiger partial charge on any atom is -0.494 e. The third kappa shape index (κ3) is 4.10. The van der Waals surface area contributed by atoms with Crippen molar-refractivity contribution in [2.75, 3.05) is 32.8 Å². The maximum Gasteiger partial charge on any atom is 0.222 e. The number of likely N-dealkylation sites (tertiary alicyclic amines) is 1. The molecule has 2 atom stereocenters. The Balaban J connectivity index is 1.37. The molecule has 1 N–H and O–H groups in total. The molecular formula is C20H30N2O2. The van der Waals surface area contributed by atoms with Crippen LogP contribution in [0.4, 0.5) is 0 Å². The van der Waals surface area contributed by atoms with Gasteiger partial charge in [0.25, 0.3) is 0 Å². The van der Waals surface area contributed by atoms with E-state index in [1.165, 1.54) is 5.56 Å². The zero-order valence-electron chi connectivity index (χ0n) is 15.2. The van der Waals surface area contributed by atoms with E-state index in [2.05, 4.69) is 38.2 Å². The van der Waals surface area contributed by atoms with E-state index < -0.39 is 0 Å². The molecule has 2 aliphatic rings. The summed E-state index contributed by atoms with van der Waals surface area (Å²) in [7, 11) is 0. The van der Waals surface area contributed by atoms with Crippen molar-refractivity contribution in [2.45, 2.75) is 39.0 Å². The second-order valence-corrected chi connectivity index (χ2v) is 8.20. The second-order valence-electron chi connectivity index (χ2n) is 8.20. The third-order valence-electron chi connectivity index (χ3n) is 5.27. The Morgan fingerprint density at radius 2 is 1.79 bits per heavy atom. The van der Waals surface area contributed by atoms with Crippen LogP contribution in [0.3, 0.4) is 0 Å². The van der Waals surface area contributed by atoms with Gasteiger partial charge in [-0.05, 0) is 41.4 Å². The molecule has 2 saturated heterocycles. The predicted molar refractivity (Wildman–Crippen MR) is 96.3 cm³/mol. The average Bonchev–Trinajstić information content (AvgIpc) is 3.12. The van der Waals surface area contributed by atoms with Crippen molar-refractivity contribution in [1.82, 2.24) is 10.2 Å². The summed E-state index contributed by atoms with van der Waals surface area (Å²) in [6, 6.07) is 8.29. The number of nitrogens with one attached hydrogen (secondary N) is 1. The lowest BCUT2D eigenvalue weighted by atomic mass is 9.87. The lowest BCUT2D eigenvalue weighted by Crippen LogP contribution is -2.31. The zero-order chi connectivity index (χ0) is 17.2. The number of hydrogen-bond donors (Lipinski definition) is 1. The Morgan fingerprint density at radius 1 is 1.17 bits per heavy atom. The maximum atomic E-state index is 12.3. The fourth-order valence-corrected chi connectivity index (χ4v) is 3.68. The SMILES string of the molecule is CC(C)(C)c1ccc(OCCCC(=O)N2C[C@H]3CNC[C@H]3C2)cc1. The lowest BCUT2D eigenvalue weighted by molar-refractivity contribution is -0.130. The first kappa shape index (κ1) is 17.3. The van der Waals surface area contributed by atoms with Gasteiger partial charge in [0.05, 0.1) is 6.61 Å². The van der Waals surface area contributed by atoms with Crippen molar-refractivity contribution in [3.05, 3.63) is 29.8 Å². The molecule has 1 aromatic rings. The summed E-state index contributed by atoms with van der Waals surface area (Å²) in [6.07, 6.45) is 1.37. The zero-order valence-corrected chi connectivity index (χ0v) is 15.2. The Bertz CT molecular complexity index is 550. The van der Waals surface area contributed by atoms with Crippen LogP contribution in [-0.2, 0) is 10.2 Å². The fraction of sp³-hybridized carbons (Fsp3) is 0.650. The topological polar surface area (TPSA) is 41.6 Å². The van der Waals surface area contributed by atoms with Crippen LogP contribution in [-0.4, -0.2) is 43.6 Å². The largest absolute Gasteiger partial charge is 0.494 e. The molecule has 0 aliphatic carbocycles. The van der Waals surface area contributed by atoms with Crippen LogP contribution >= 0.6 is 0 Å². The lowest BCUT2D eigenvalue weighted by Gasteiger charge is -2.19. The van der Waals surface area contributed by atoms with Crippen LogP contribution in [0.15, 0.2) is 24.3 Å². The molecule has 0 spiro atoms. The molecule has 132 valence electrons. The van der Waals surface area contributed by atoms with E-state index >= 15 is 0 Å². The van der Waals surface area contributed by atoms with Crippen molar-refractivity contribution in [3.63, 3.8) is 0 Å². The van der Waals surface area contributed by atoms with Crippen molar-refractivity contribution in [2.24, 2.45) is 11.8 Å². The Hall–Kier alpha value is -1.55. The first-order valence-electron chi connectivity index (χ1n) is 9.15. The molecule has 3 rings (SSSR count). The number of carbonyl (C=O) groups is 1. The summed E-state index contributed by atoms with van der Waals surface area (Å²) in [4.78, 5) is 14.3. The Morgan fingerprint density at radius 3 is 2.38 bits per heavy atom. The van der Waals surface area contributed by atoms with Crippen molar-refractivity contribution >= 4 is 5.91 Å². The number of benzene rings is 1. The molecule has 1 amide bonds. The quantitative estimate of drug-likeness (QED) is 0.844. The monoisotopic (exact) mass is 330 g/mol. The summed E-state index contributed by atoms with van der Waals surface area (Å²) in [5.41, 5.74) is 1.47. The van der Waals surface area contributed by atoms with Gasteiger partial charge in [0.1, 0.15) is 5.75 Å². The summed E-state index contributed by atoms with van der Waals surface area (Å²) in [5, 5.41) is 3.41. The minimum atomic E-state index is 0.161. The molecule has 2 heterocycles. The smallest absolute Gasteiger partial charge is 0.222 e. The van der Waals surface area contributed by atoms with Gasteiger partial charge < -0.3 is 15.0 Å². The molecule has 0 unspecified atom stereocenters. The number of ether oxygens (including phenoxy) is 1. The summed E-state index contributed by atoms with van der Waals surface area (Å²) >= 11 is 0. The number of fused-ring (bicyclic) bond motifs is 1. The van der Waals surface area contributed by atoms with Crippen LogP contribution in [0.5, 0.6) is 5.75 Å². The van der Waals surface area contributed by atoms with Crippen molar-refractivity contribution < 1.29 is 9.53 Å². The van der Waals surface area contributed by atoms with Crippen molar-refractivity contribution in [1.29, 1.82) is 0 Å². The van der Waals surface area contributed by atoms with Crippen LogP contribution in [0.25, 0.3) is 0 Å². The van der Waals surface area contributed by atoms with Gasteiger partial charge in [0.15, 0.2) is 0 Å². The molecule has 0 bridgehead atoms. The van der Waals surface area contributed by atoms with Crippen LogP contribution in [0.2, 0.25) is 0 Å². The van der Waals surface area contributed by atoms with Crippen LogP contribution < -0.4 is 10.1 Å². The van der Waals surface area contributed by atoms with Gasteiger partial charge in [-0.15, -0.1) is 0 Å². The Kier molecular flexibility index (Phi) is 5.14. The van der Waals surface area contributed by atoms with E-state index in [9.17, 15) is 4.79 Å². The fourth-order valence-electron chi connectivity index (χ4n) is 3.68. The van der Waals surface area contributed by atoms with E-state index in [-0.39, 0.29) is 11.3 Å². The van der Waals surface area contributed by atoms with Gasteiger partial charge in [0.2, 0.25) is 5.91 Å². The normalized spacial score (nSPS) is 23.4. The molecule has 4 heteroatoms. The molecule has 0 saturated carbocycles. The van der Waals surface area contributed by atoms with E-state index in [1.807, 2.05) is 17.0 Å². The van der Waals surface area contributed by atoms with E-state index in [0.717, 1.165) is 38.3 Å². The van der Waals surface area contributed by atoms with Crippen molar-refractivity contribution in [3.8, 4) is 5.75 Å². The molecule has 0 radical (unpaired) electrons. The van der Waals surface area contributed by atoms with E-state index in [0.29, 0.717) is 24.9 Å². The number of rotatable bonds is 5. The third-order valence-corrected chi connectivity index (χ3v) is 5.27. The van der Waals surface area contributed by atoms with Gasteiger partial charge >= 0.3 is 0 Å². The predicted octanol–water partition coefficient (Wildman–Crippen LogP) is 2.82. The highest BCUT2D eigenvalue weighted by molar-refractivity contribution is 5.76. The maximum absolute atomic E-state index is 12.3. The van der Waals surface area contributed by atoms with Gasteiger partial charge in [-0.3, -0.25) is 4.79 Å². The Labute approximate surface area is 145 Å². The number of hydrogen-bond acceptors (Lipinski definition) is 3. The summed E-state index contributed by atoms with van der Waals surface area (Å²) in [5.74, 6) is 2.52. The summed E-state index contributed by atoms with van der Waals surface area (Å²) in [6.45, 7) is 11.2. The highest BCUT2D eigenvalue weighted by atomic mass is 16.5. The molecular weight excluding hydrogens is 300 g/mol. The van der Waals surface area contributed by atoms with Gasteiger partial charge in [-0.1, -0.05) is 32.9 Å². The molecule has 0 aromatic heterocycles. The van der Waals surface area contributed by atoms with Crippen LogP contribution in [0, 0.1) is 11.8 Å². The van der Waals surface area contributed by atoms with Gasteiger partial charge in [0, 0.05) is 32.6 Å². The van der Waals surface area contributed by atoms with Gasteiger partial charge in [-0.2, -0.15) is 0 Å². The first-order chi connectivity index (χ1) is 11.4. The second kappa shape index (κ2) is 7.14. The number of carbonyl (C=O) groups excluding carboxylic acids is 1. The molecule has 1 aromatic carbocycles. The number of nitrogens with zero attached hydrogens (tertiary/aromatic N) is 1. The molecule has 2 fully saturated rings. The first-order valence-corrected chi connectivity index (χ1v) is 9.15. The van der Waals surface area contributed by atoms with E-state index in [1.54, 1.807) is 0 Å². The summed E-state index contributed by atoms with van der Waals surface area (Å²) < 4.78 is 5.78. The van der Waals surface area contributed by atoms with Crippen LogP contribution in [0.1, 0.15) is 39.2 Å². The minimum absolute atomic E-state index is 0.161. The standard InChI is InChI=1S/C20H30N2O2/c1-20(2,3)17-6-8-18(9-7-17)24-10-4-5-19(23)22-13-15-11-21-12-16(15)14-22/h6-9,15-16,21H,4-5,10-14H2,1-3H3/t15-,16+. The van der Waals surface area contributed by atoms with E-state index in [4.69, 9.17) is 4.74 Å². The molecule has 4 nitrogen and oxygen atoms in total. The molecule has 24 heavy (non-hydrogen) atoms. The van der Waals surface area contributed by atoms with Gasteiger partial charge in [-0.25, -0.2) is 0 Å². The highest BCUT2D eigenvalue weighted by Gasteiger charge is 2.37. The highest BCUT2D eigenvalue weighted by Crippen LogP contribution is 2.27.